The summed E-state index contributed by atoms with van der Waals surface area (Å²) < 4.78 is 2.07. The van der Waals surface area contributed by atoms with E-state index in [4.69, 9.17) is 5.26 Å². The first-order valence-corrected chi connectivity index (χ1v) is 6.54. The van der Waals surface area contributed by atoms with Gasteiger partial charge in [-0.15, -0.1) is 11.3 Å². The van der Waals surface area contributed by atoms with Crippen molar-refractivity contribution >= 4 is 22.4 Å². The number of imidazole rings is 1. The molecule has 0 aliphatic rings. The standard InChI is InChI=1S/C14H11N3S/c1-17-13-7-10(9-15)4-5-12(13)16-14(17)8-11-3-2-6-18-11/h2-7H,8H2,1H3. The van der Waals surface area contributed by atoms with E-state index in [1.54, 1.807) is 11.3 Å². The van der Waals surface area contributed by atoms with E-state index in [1.165, 1.54) is 4.88 Å². The minimum atomic E-state index is 0.674. The zero-order valence-corrected chi connectivity index (χ0v) is 10.7. The lowest BCUT2D eigenvalue weighted by Crippen LogP contribution is -1.97. The molecule has 0 saturated heterocycles. The van der Waals surface area contributed by atoms with Gasteiger partial charge in [-0.05, 0) is 29.6 Å². The molecule has 2 heterocycles. The molecule has 3 nitrogen and oxygen atoms in total. The molecule has 0 atom stereocenters. The average Bonchev–Trinajstić information content (AvgIpc) is 2.99. The fourth-order valence-electron chi connectivity index (χ4n) is 2.04. The summed E-state index contributed by atoms with van der Waals surface area (Å²) in [6.07, 6.45) is 0.838. The van der Waals surface area contributed by atoms with Crippen molar-refractivity contribution < 1.29 is 0 Å². The summed E-state index contributed by atoms with van der Waals surface area (Å²) in [5.41, 5.74) is 2.64. The van der Waals surface area contributed by atoms with Gasteiger partial charge in [0.15, 0.2) is 0 Å². The number of benzene rings is 1. The normalized spacial score (nSPS) is 10.7. The Morgan fingerprint density at radius 1 is 1.39 bits per heavy atom. The number of hydrogen-bond acceptors (Lipinski definition) is 3. The average molecular weight is 253 g/mol. The Balaban J connectivity index is 2.09. The Kier molecular flexibility index (Phi) is 2.62. The van der Waals surface area contributed by atoms with E-state index >= 15 is 0 Å². The Hall–Kier alpha value is -2.12. The van der Waals surface area contributed by atoms with Crippen LogP contribution in [0, 0.1) is 11.3 Å². The van der Waals surface area contributed by atoms with Crippen molar-refractivity contribution in [2.75, 3.05) is 0 Å². The van der Waals surface area contributed by atoms with E-state index in [2.05, 4.69) is 33.1 Å². The quantitative estimate of drug-likeness (QED) is 0.704. The van der Waals surface area contributed by atoms with Gasteiger partial charge in [0.25, 0.3) is 0 Å². The van der Waals surface area contributed by atoms with Crippen LogP contribution in [0.15, 0.2) is 35.7 Å². The Bertz CT molecular complexity index is 732. The predicted molar refractivity (Wildman–Crippen MR) is 72.6 cm³/mol. The molecule has 1 aromatic carbocycles. The molecule has 0 N–H and O–H groups in total. The van der Waals surface area contributed by atoms with Crippen molar-refractivity contribution in [3.05, 3.63) is 52.0 Å². The summed E-state index contributed by atoms with van der Waals surface area (Å²) in [6, 6.07) is 11.9. The van der Waals surface area contributed by atoms with E-state index in [0.717, 1.165) is 23.3 Å². The molecule has 4 heteroatoms. The summed E-state index contributed by atoms with van der Waals surface area (Å²) in [7, 11) is 2.00. The molecule has 0 amide bonds. The van der Waals surface area contributed by atoms with Crippen LogP contribution in [-0.4, -0.2) is 9.55 Å². The summed E-state index contributed by atoms with van der Waals surface area (Å²) in [6.45, 7) is 0. The van der Waals surface area contributed by atoms with Crippen LogP contribution in [-0.2, 0) is 13.5 Å². The number of nitrogens with zero attached hydrogens (tertiary/aromatic N) is 3. The first-order valence-electron chi connectivity index (χ1n) is 5.66. The van der Waals surface area contributed by atoms with Gasteiger partial charge in [0.2, 0.25) is 0 Å². The topological polar surface area (TPSA) is 41.6 Å². The van der Waals surface area contributed by atoms with Crippen LogP contribution < -0.4 is 0 Å². The highest BCUT2D eigenvalue weighted by molar-refractivity contribution is 7.09. The number of nitriles is 1. The van der Waals surface area contributed by atoms with Crippen molar-refractivity contribution in [2.45, 2.75) is 6.42 Å². The summed E-state index contributed by atoms with van der Waals surface area (Å²) >= 11 is 1.74. The van der Waals surface area contributed by atoms with E-state index in [9.17, 15) is 0 Å². The molecule has 3 aromatic rings. The second-order valence-corrected chi connectivity index (χ2v) is 5.19. The second-order valence-electron chi connectivity index (χ2n) is 4.16. The first-order chi connectivity index (χ1) is 8.78. The lowest BCUT2D eigenvalue weighted by atomic mass is 10.2. The van der Waals surface area contributed by atoms with Crippen molar-refractivity contribution in [2.24, 2.45) is 7.05 Å². The fourth-order valence-corrected chi connectivity index (χ4v) is 2.74. The Labute approximate surface area is 109 Å². The van der Waals surface area contributed by atoms with Crippen molar-refractivity contribution in [3.63, 3.8) is 0 Å². The molecule has 3 rings (SSSR count). The minimum absolute atomic E-state index is 0.674. The zero-order chi connectivity index (χ0) is 12.5. The van der Waals surface area contributed by atoms with E-state index < -0.39 is 0 Å². The van der Waals surface area contributed by atoms with Gasteiger partial charge < -0.3 is 4.57 Å². The van der Waals surface area contributed by atoms with Gasteiger partial charge in [-0.2, -0.15) is 5.26 Å². The first kappa shape index (κ1) is 11.0. The van der Waals surface area contributed by atoms with Gasteiger partial charge in [-0.3, -0.25) is 0 Å². The number of aryl methyl sites for hydroxylation is 1. The van der Waals surface area contributed by atoms with Crippen LogP contribution in [0.1, 0.15) is 16.3 Å². The van der Waals surface area contributed by atoms with Crippen LogP contribution in [0.3, 0.4) is 0 Å². The minimum Gasteiger partial charge on any atom is -0.331 e. The molecule has 0 unspecified atom stereocenters. The van der Waals surface area contributed by atoms with E-state index in [1.807, 2.05) is 25.2 Å². The molecule has 18 heavy (non-hydrogen) atoms. The lowest BCUT2D eigenvalue weighted by Gasteiger charge is -2.00. The number of aromatic nitrogens is 2. The highest BCUT2D eigenvalue weighted by Gasteiger charge is 2.09. The number of thiophene rings is 1. The fraction of sp³-hybridized carbons (Fsp3) is 0.143. The summed E-state index contributed by atoms with van der Waals surface area (Å²) in [5.74, 6) is 1.03. The maximum absolute atomic E-state index is 8.92. The molecule has 0 spiro atoms. The van der Waals surface area contributed by atoms with Crippen LogP contribution in [0.2, 0.25) is 0 Å². The predicted octanol–water partition coefficient (Wildman–Crippen LogP) is 3.10. The molecule has 88 valence electrons. The van der Waals surface area contributed by atoms with Gasteiger partial charge >= 0.3 is 0 Å². The molecule has 0 saturated carbocycles. The van der Waals surface area contributed by atoms with Gasteiger partial charge in [0.1, 0.15) is 5.82 Å². The van der Waals surface area contributed by atoms with Gasteiger partial charge in [-0.25, -0.2) is 4.98 Å². The highest BCUT2D eigenvalue weighted by Crippen LogP contribution is 2.20. The number of rotatable bonds is 2. The van der Waals surface area contributed by atoms with E-state index in [0.29, 0.717) is 5.56 Å². The smallest absolute Gasteiger partial charge is 0.114 e. The maximum atomic E-state index is 8.92. The Morgan fingerprint density at radius 3 is 3.00 bits per heavy atom. The summed E-state index contributed by atoms with van der Waals surface area (Å²) in [5, 5.41) is 11.0. The monoisotopic (exact) mass is 253 g/mol. The van der Waals surface area contributed by atoms with Crippen molar-refractivity contribution in [1.29, 1.82) is 5.26 Å². The highest BCUT2D eigenvalue weighted by atomic mass is 32.1. The molecule has 0 radical (unpaired) electrons. The van der Waals surface area contributed by atoms with Crippen LogP contribution in [0.5, 0.6) is 0 Å². The van der Waals surface area contributed by atoms with Gasteiger partial charge in [0, 0.05) is 18.3 Å². The molecule has 0 aliphatic carbocycles. The molecule has 0 fully saturated rings. The molecule has 2 aromatic heterocycles. The molecule has 0 aliphatic heterocycles. The van der Waals surface area contributed by atoms with Crippen LogP contribution >= 0.6 is 11.3 Å². The van der Waals surface area contributed by atoms with Crippen LogP contribution in [0.4, 0.5) is 0 Å². The van der Waals surface area contributed by atoms with Crippen LogP contribution in [0.25, 0.3) is 11.0 Å². The molecular formula is C14H11N3S. The van der Waals surface area contributed by atoms with Gasteiger partial charge in [-0.1, -0.05) is 6.07 Å². The third-order valence-corrected chi connectivity index (χ3v) is 3.89. The largest absolute Gasteiger partial charge is 0.331 e. The molecular weight excluding hydrogens is 242 g/mol. The second kappa shape index (κ2) is 4.28. The zero-order valence-electron chi connectivity index (χ0n) is 9.92. The maximum Gasteiger partial charge on any atom is 0.114 e. The molecule has 0 bridgehead atoms. The van der Waals surface area contributed by atoms with E-state index in [-0.39, 0.29) is 0 Å². The third-order valence-electron chi connectivity index (χ3n) is 3.01. The third kappa shape index (κ3) is 1.79. The Morgan fingerprint density at radius 2 is 2.28 bits per heavy atom. The van der Waals surface area contributed by atoms with Crippen molar-refractivity contribution in [3.8, 4) is 6.07 Å². The number of hydrogen-bond donors (Lipinski definition) is 0. The summed E-state index contributed by atoms with van der Waals surface area (Å²) in [4.78, 5) is 5.92. The van der Waals surface area contributed by atoms with Crippen molar-refractivity contribution in [1.82, 2.24) is 9.55 Å². The lowest BCUT2D eigenvalue weighted by molar-refractivity contribution is 0.850. The van der Waals surface area contributed by atoms with Gasteiger partial charge in [0.05, 0.1) is 22.7 Å². The number of fused-ring (bicyclic) bond motifs is 1. The SMILES string of the molecule is Cn1c(Cc2cccs2)nc2ccc(C#N)cc21.